The summed E-state index contributed by atoms with van der Waals surface area (Å²) in [5, 5.41) is 8.71. The van der Waals surface area contributed by atoms with E-state index in [1.54, 1.807) is 13.8 Å². The molecular formula is C14H22N2O6S2. The van der Waals surface area contributed by atoms with E-state index >= 15 is 0 Å². The van der Waals surface area contributed by atoms with Crippen LogP contribution in [-0.4, -0.2) is 51.9 Å². The Morgan fingerprint density at radius 1 is 1.08 bits per heavy atom. The van der Waals surface area contributed by atoms with Gasteiger partial charge in [0.1, 0.15) is 0 Å². The van der Waals surface area contributed by atoms with Crippen LogP contribution in [0.15, 0.2) is 34.1 Å². The van der Waals surface area contributed by atoms with Crippen molar-refractivity contribution in [1.29, 1.82) is 0 Å². The van der Waals surface area contributed by atoms with Crippen molar-refractivity contribution in [3.63, 3.8) is 0 Å². The number of carboxylic acid groups (broad SMARTS) is 1. The highest BCUT2D eigenvalue weighted by molar-refractivity contribution is 7.89. The van der Waals surface area contributed by atoms with Gasteiger partial charge < -0.3 is 5.11 Å². The number of carbonyl (C=O) groups is 1. The minimum Gasteiger partial charge on any atom is -0.481 e. The molecule has 10 heteroatoms. The number of rotatable bonds is 8. The molecule has 1 aromatic rings. The lowest BCUT2D eigenvalue weighted by Crippen LogP contribution is -2.43. The molecule has 0 radical (unpaired) electrons. The summed E-state index contributed by atoms with van der Waals surface area (Å²) < 4.78 is 52.2. The molecule has 8 nitrogen and oxygen atoms in total. The molecule has 0 saturated heterocycles. The fourth-order valence-electron chi connectivity index (χ4n) is 1.89. The summed E-state index contributed by atoms with van der Waals surface area (Å²) in [7, 11) is -4.78. The molecular weight excluding hydrogens is 356 g/mol. The number of carboxylic acids is 1. The molecule has 0 aromatic heterocycles. The Morgan fingerprint density at radius 2 is 1.54 bits per heavy atom. The van der Waals surface area contributed by atoms with Crippen LogP contribution in [-0.2, 0) is 24.8 Å². The van der Waals surface area contributed by atoms with E-state index in [1.165, 1.54) is 38.4 Å². The number of hydrogen-bond donors (Lipinski definition) is 2. The molecule has 24 heavy (non-hydrogen) atoms. The van der Waals surface area contributed by atoms with Gasteiger partial charge in [-0.15, -0.1) is 0 Å². The van der Waals surface area contributed by atoms with Crippen LogP contribution in [0.25, 0.3) is 0 Å². The molecule has 0 aliphatic rings. The highest BCUT2D eigenvalue weighted by atomic mass is 32.2. The van der Waals surface area contributed by atoms with E-state index in [0.717, 1.165) is 4.31 Å². The predicted octanol–water partition coefficient (Wildman–Crippen LogP) is 0.859. The highest BCUT2D eigenvalue weighted by Gasteiger charge is 2.27. The van der Waals surface area contributed by atoms with E-state index < -0.39 is 31.6 Å². The molecule has 1 rings (SSSR count). The van der Waals surface area contributed by atoms with Crippen molar-refractivity contribution in [2.75, 3.05) is 14.1 Å². The van der Waals surface area contributed by atoms with Crippen molar-refractivity contribution >= 4 is 26.0 Å². The van der Waals surface area contributed by atoms with Crippen LogP contribution >= 0.6 is 0 Å². The number of benzene rings is 1. The molecule has 1 aromatic carbocycles. The van der Waals surface area contributed by atoms with Gasteiger partial charge >= 0.3 is 5.97 Å². The third-order valence-corrected chi connectivity index (χ3v) is 6.83. The van der Waals surface area contributed by atoms with Gasteiger partial charge in [0.15, 0.2) is 0 Å². The zero-order valence-electron chi connectivity index (χ0n) is 14.0. The fourth-order valence-corrected chi connectivity index (χ4v) is 4.24. The average molecular weight is 378 g/mol. The van der Waals surface area contributed by atoms with Gasteiger partial charge in [-0.2, -0.15) is 0 Å². The Labute approximate surface area is 142 Å². The van der Waals surface area contributed by atoms with Gasteiger partial charge in [-0.25, -0.2) is 25.9 Å². The van der Waals surface area contributed by atoms with Crippen molar-refractivity contribution in [3.05, 3.63) is 24.3 Å². The number of sulfonamides is 2. The highest BCUT2D eigenvalue weighted by Crippen LogP contribution is 2.20. The van der Waals surface area contributed by atoms with Crippen LogP contribution in [0.3, 0.4) is 0 Å². The first-order valence-electron chi connectivity index (χ1n) is 7.06. The first kappa shape index (κ1) is 20.6. The third kappa shape index (κ3) is 5.26. The molecule has 0 spiro atoms. The van der Waals surface area contributed by atoms with Crippen LogP contribution in [0.1, 0.15) is 26.7 Å². The number of hydrogen-bond acceptors (Lipinski definition) is 5. The SMILES string of the molecule is CN(C)S(=O)(=O)c1ccc(S(=O)(=O)NC(C)(C)CCC(=O)O)cc1. The van der Waals surface area contributed by atoms with Gasteiger partial charge in [0.2, 0.25) is 20.0 Å². The number of nitrogens with one attached hydrogen (secondary N) is 1. The normalized spacial score (nSPS) is 13.2. The van der Waals surface area contributed by atoms with Gasteiger partial charge in [0.25, 0.3) is 0 Å². The molecule has 0 bridgehead atoms. The van der Waals surface area contributed by atoms with E-state index in [9.17, 15) is 21.6 Å². The molecule has 0 aliphatic heterocycles. The molecule has 0 fully saturated rings. The third-order valence-electron chi connectivity index (χ3n) is 3.29. The van der Waals surface area contributed by atoms with Crippen LogP contribution in [0, 0.1) is 0 Å². The fraction of sp³-hybridized carbons (Fsp3) is 0.500. The number of aliphatic carboxylic acids is 1. The van der Waals surface area contributed by atoms with Gasteiger partial charge in [-0.1, -0.05) is 0 Å². The molecule has 2 N–H and O–H groups in total. The van der Waals surface area contributed by atoms with E-state index in [2.05, 4.69) is 4.72 Å². The zero-order chi connectivity index (χ0) is 18.8. The van der Waals surface area contributed by atoms with E-state index in [0.29, 0.717) is 0 Å². The van der Waals surface area contributed by atoms with E-state index in [-0.39, 0.29) is 22.6 Å². The summed E-state index contributed by atoms with van der Waals surface area (Å²) in [6, 6.07) is 4.83. The molecule has 0 amide bonds. The van der Waals surface area contributed by atoms with Crippen LogP contribution in [0.2, 0.25) is 0 Å². The zero-order valence-corrected chi connectivity index (χ0v) is 15.6. The summed E-state index contributed by atoms with van der Waals surface area (Å²) in [5.74, 6) is -1.01. The first-order chi connectivity index (χ1) is 10.8. The molecule has 0 aliphatic carbocycles. The van der Waals surface area contributed by atoms with Gasteiger partial charge in [0, 0.05) is 26.1 Å². The van der Waals surface area contributed by atoms with Crippen LogP contribution in [0.5, 0.6) is 0 Å². The Morgan fingerprint density at radius 3 is 1.96 bits per heavy atom. The van der Waals surface area contributed by atoms with Gasteiger partial charge in [0.05, 0.1) is 9.79 Å². The maximum Gasteiger partial charge on any atom is 0.303 e. The number of nitrogens with zero attached hydrogens (tertiary/aromatic N) is 1. The average Bonchev–Trinajstić information content (AvgIpc) is 2.44. The van der Waals surface area contributed by atoms with Crippen LogP contribution in [0.4, 0.5) is 0 Å². The maximum atomic E-state index is 12.4. The summed E-state index contributed by atoms with van der Waals surface area (Å²) in [6.45, 7) is 3.16. The molecule has 0 heterocycles. The Hall–Kier alpha value is -1.49. The predicted molar refractivity (Wildman–Crippen MR) is 88.6 cm³/mol. The largest absolute Gasteiger partial charge is 0.481 e. The molecule has 0 unspecified atom stereocenters. The minimum atomic E-state index is -3.90. The topological polar surface area (TPSA) is 121 Å². The minimum absolute atomic E-state index is 0.0170. The lowest BCUT2D eigenvalue weighted by Gasteiger charge is -2.25. The van der Waals surface area contributed by atoms with E-state index in [1.807, 2.05) is 0 Å². The van der Waals surface area contributed by atoms with E-state index in [4.69, 9.17) is 5.11 Å². The van der Waals surface area contributed by atoms with Crippen molar-refractivity contribution in [1.82, 2.24) is 9.03 Å². The lowest BCUT2D eigenvalue weighted by molar-refractivity contribution is -0.137. The van der Waals surface area contributed by atoms with Crippen molar-refractivity contribution < 1.29 is 26.7 Å². The Bertz CT molecular complexity index is 796. The molecule has 136 valence electrons. The molecule has 0 saturated carbocycles. The van der Waals surface area contributed by atoms with Crippen molar-refractivity contribution in [2.24, 2.45) is 0 Å². The van der Waals surface area contributed by atoms with Gasteiger partial charge in [-0.05, 0) is 44.5 Å². The van der Waals surface area contributed by atoms with Crippen LogP contribution < -0.4 is 4.72 Å². The smallest absolute Gasteiger partial charge is 0.303 e. The van der Waals surface area contributed by atoms with Crippen molar-refractivity contribution in [2.45, 2.75) is 42.0 Å². The second-order valence-corrected chi connectivity index (χ2v) is 9.98. The maximum absolute atomic E-state index is 12.4. The molecule has 0 atom stereocenters. The summed E-state index contributed by atoms with van der Waals surface area (Å²) in [6.07, 6.45) is -0.0514. The first-order valence-corrected chi connectivity index (χ1v) is 9.99. The second kappa shape index (κ2) is 7.18. The lowest BCUT2D eigenvalue weighted by atomic mass is 10.0. The quantitative estimate of drug-likeness (QED) is 0.692. The Kier molecular flexibility index (Phi) is 6.15. The monoisotopic (exact) mass is 378 g/mol. The van der Waals surface area contributed by atoms with Gasteiger partial charge in [-0.3, -0.25) is 4.79 Å². The standard InChI is InChI=1S/C14H22N2O6S2/c1-14(2,10-9-13(17)18)15-23(19,20)11-5-7-12(8-6-11)24(21,22)16(3)4/h5-8,15H,9-10H2,1-4H3,(H,17,18). The Balaban J connectivity index is 3.02. The summed E-state index contributed by atoms with van der Waals surface area (Å²) in [4.78, 5) is 10.5. The summed E-state index contributed by atoms with van der Waals surface area (Å²) in [5.41, 5.74) is -0.953. The second-order valence-electron chi connectivity index (χ2n) is 6.14. The van der Waals surface area contributed by atoms with Crippen molar-refractivity contribution in [3.8, 4) is 0 Å². The summed E-state index contributed by atoms with van der Waals surface area (Å²) >= 11 is 0.